The number of nitrogens with zero attached hydrogens (tertiary/aromatic N) is 4. The smallest absolute Gasteiger partial charge is 0.416 e. The van der Waals surface area contributed by atoms with Crippen LogP contribution in [0.2, 0.25) is 0 Å². The number of hydrogen-bond donors (Lipinski definition) is 0. The predicted molar refractivity (Wildman–Crippen MR) is 157 cm³/mol. The van der Waals surface area contributed by atoms with Crippen LogP contribution >= 0.6 is 15.9 Å². The molecule has 14 heteroatoms. The maximum Gasteiger partial charge on any atom is 0.416 e. The van der Waals surface area contributed by atoms with Crippen LogP contribution in [0.3, 0.4) is 0 Å². The van der Waals surface area contributed by atoms with Crippen LogP contribution < -0.4 is 19.8 Å². The minimum atomic E-state index is -4.63. The van der Waals surface area contributed by atoms with Crippen LogP contribution in [0.25, 0.3) is 22.3 Å². The molecule has 0 fully saturated rings. The molecule has 0 bridgehead atoms. The van der Waals surface area contributed by atoms with E-state index in [2.05, 4.69) is 26.0 Å². The van der Waals surface area contributed by atoms with Crippen molar-refractivity contribution in [3.63, 3.8) is 0 Å². The first-order chi connectivity index (χ1) is 21.1. The van der Waals surface area contributed by atoms with Gasteiger partial charge in [-0.15, -0.1) is 0 Å². The van der Waals surface area contributed by atoms with E-state index in [1.54, 1.807) is 36.4 Å². The molecular weight excluding hydrogens is 649 g/mol. The van der Waals surface area contributed by atoms with Gasteiger partial charge in [0.05, 0.1) is 32.1 Å². The summed E-state index contributed by atoms with van der Waals surface area (Å²) < 4.78 is 57.9. The van der Waals surface area contributed by atoms with Crippen molar-refractivity contribution in [3.8, 4) is 28.6 Å². The fourth-order valence-electron chi connectivity index (χ4n) is 4.52. The summed E-state index contributed by atoms with van der Waals surface area (Å²) in [5.74, 6) is 0.933. The first-order valence-electron chi connectivity index (χ1n) is 12.8. The zero-order valence-corrected chi connectivity index (χ0v) is 23.8. The number of alkyl halides is 3. The number of hydrogen-bond acceptors (Lipinski definition) is 8. The Morgan fingerprint density at radius 3 is 2.64 bits per heavy atom. The van der Waals surface area contributed by atoms with Gasteiger partial charge in [0.15, 0.2) is 17.3 Å². The minimum absolute atomic E-state index is 0.000690. The summed E-state index contributed by atoms with van der Waals surface area (Å²) in [6.45, 7) is 0.0878. The van der Waals surface area contributed by atoms with Crippen molar-refractivity contribution in [3.05, 3.63) is 120 Å². The van der Waals surface area contributed by atoms with Gasteiger partial charge in [-0.3, -0.25) is 14.9 Å². The number of rotatable bonds is 7. The number of aromatic nitrogens is 2. The highest BCUT2D eigenvalue weighted by atomic mass is 79.9. The zero-order chi connectivity index (χ0) is 31.0. The second-order valence-corrected chi connectivity index (χ2v) is 10.3. The Bertz CT molecular complexity index is 2030. The third kappa shape index (κ3) is 5.71. The van der Waals surface area contributed by atoms with Crippen molar-refractivity contribution >= 4 is 38.7 Å². The molecular formula is C30H18BrF3N4O6. The fraction of sp³-hybridized carbons (Fsp3) is 0.100. The number of nitro groups is 1. The molecule has 5 aromatic rings. The molecule has 0 saturated carbocycles. The van der Waals surface area contributed by atoms with Crippen molar-refractivity contribution in [1.82, 2.24) is 9.66 Å². The summed E-state index contributed by atoms with van der Waals surface area (Å²) in [5.41, 5.74) is -0.803. The van der Waals surface area contributed by atoms with E-state index in [-0.39, 0.29) is 57.2 Å². The second-order valence-electron chi connectivity index (χ2n) is 9.48. The summed E-state index contributed by atoms with van der Waals surface area (Å²) >= 11 is 3.32. The van der Waals surface area contributed by atoms with Gasteiger partial charge in [-0.25, -0.2) is 4.98 Å². The van der Waals surface area contributed by atoms with E-state index in [9.17, 15) is 28.1 Å². The third-order valence-electron chi connectivity index (χ3n) is 6.59. The number of fused-ring (bicyclic) bond motifs is 2. The lowest BCUT2D eigenvalue weighted by Gasteiger charge is -2.12. The Morgan fingerprint density at radius 2 is 1.84 bits per heavy atom. The largest absolute Gasteiger partial charge is 0.481 e. The van der Waals surface area contributed by atoms with Gasteiger partial charge in [0.1, 0.15) is 6.61 Å². The van der Waals surface area contributed by atoms with Crippen LogP contribution in [0.1, 0.15) is 16.7 Å². The first kappa shape index (κ1) is 28.9. The van der Waals surface area contributed by atoms with E-state index in [0.29, 0.717) is 17.1 Å². The van der Waals surface area contributed by atoms with Crippen LogP contribution in [0.5, 0.6) is 17.2 Å². The van der Waals surface area contributed by atoms with E-state index < -0.39 is 22.2 Å². The molecule has 44 heavy (non-hydrogen) atoms. The van der Waals surface area contributed by atoms with Gasteiger partial charge in [-0.2, -0.15) is 22.9 Å². The lowest BCUT2D eigenvalue weighted by Crippen LogP contribution is -2.20. The fourth-order valence-corrected chi connectivity index (χ4v) is 5.10. The molecule has 0 atom stereocenters. The monoisotopic (exact) mass is 666 g/mol. The van der Waals surface area contributed by atoms with E-state index >= 15 is 0 Å². The van der Waals surface area contributed by atoms with Gasteiger partial charge < -0.3 is 14.2 Å². The molecule has 1 aliphatic rings. The highest BCUT2D eigenvalue weighted by Crippen LogP contribution is 2.38. The second kappa shape index (κ2) is 11.4. The zero-order valence-electron chi connectivity index (χ0n) is 22.2. The summed E-state index contributed by atoms with van der Waals surface area (Å²) in [6.07, 6.45) is -3.45. The number of para-hydroxylation sites is 1. The molecule has 0 spiro atoms. The number of halogens is 4. The Hall–Kier alpha value is -5.24. The lowest BCUT2D eigenvalue weighted by molar-refractivity contribution is -0.386. The normalized spacial score (nSPS) is 12.6. The Morgan fingerprint density at radius 1 is 1.05 bits per heavy atom. The van der Waals surface area contributed by atoms with Crippen molar-refractivity contribution in [2.24, 2.45) is 5.10 Å². The van der Waals surface area contributed by atoms with Crippen molar-refractivity contribution in [2.45, 2.75) is 12.8 Å². The Kier molecular flexibility index (Phi) is 7.51. The molecule has 1 aliphatic heterocycles. The third-order valence-corrected chi connectivity index (χ3v) is 7.18. The van der Waals surface area contributed by atoms with Crippen LogP contribution in [-0.2, 0) is 12.8 Å². The molecule has 6 rings (SSSR count). The number of nitro benzene ring substituents is 1. The van der Waals surface area contributed by atoms with Gasteiger partial charge >= 0.3 is 11.9 Å². The maximum absolute atomic E-state index is 13.5. The van der Waals surface area contributed by atoms with Crippen LogP contribution in [0.4, 0.5) is 18.9 Å². The van der Waals surface area contributed by atoms with E-state index in [1.807, 2.05) is 0 Å². The van der Waals surface area contributed by atoms with Crippen LogP contribution in [0, 0.1) is 10.1 Å². The molecule has 0 unspecified atom stereocenters. The maximum atomic E-state index is 13.5. The molecule has 0 amide bonds. The van der Waals surface area contributed by atoms with Crippen molar-refractivity contribution in [2.75, 3.05) is 6.79 Å². The lowest BCUT2D eigenvalue weighted by atomic mass is 10.1. The molecule has 0 N–H and O–H groups in total. The van der Waals surface area contributed by atoms with E-state index in [1.165, 1.54) is 36.5 Å². The van der Waals surface area contributed by atoms with E-state index in [0.717, 1.165) is 16.8 Å². The quantitative estimate of drug-likeness (QED) is 0.105. The van der Waals surface area contributed by atoms with Crippen LogP contribution in [-0.4, -0.2) is 27.6 Å². The average Bonchev–Trinajstić information content (AvgIpc) is 3.47. The van der Waals surface area contributed by atoms with Gasteiger partial charge in [0.25, 0.3) is 5.56 Å². The molecule has 4 aromatic carbocycles. The molecule has 222 valence electrons. The first-order valence-corrected chi connectivity index (χ1v) is 13.6. The Balaban J connectivity index is 1.38. The predicted octanol–water partition coefficient (Wildman–Crippen LogP) is 6.94. The SMILES string of the molecule is O=c1c2ccccc2nc(-c2cccc(C(F)(F)F)c2)n1N=Cc1cc(Br)c(OCc2ccc3c(c2)OCO3)c([N+](=O)[O-])c1. The topological polar surface area (TPSA) is 118 Å². The van der Waals surface area contributed by atoms with Gasteiger partial charge in [-0.05, 0) is 64.0 Å². The number of benzene rings is 4. The molecule has 0 aliphatic carbocycles. The Labute approximate surface area is 254 Å². The van der Waals surface area contributed by atoms with E-state index in [4.69, 9.17) is 14.2 Å². The van der Waals surface area contributed by atoms with Crippen LogP contribution in [0.15, 0.2) is 93.2 Å². The molecule has 10 nitrogen and oxygen atoms in total. The molecule has 0 saturated heterocycles. The standard InChI is InChI=1S/C30H18BrF3N4O6/c31-22-10-18(11-24(38(40)41)27(22)42-15-17-8-9-25-26(12-17)44-16-43-25)14-35-37-28(19-4-3-5-20(13-19)30(32,33)34)36-23-7-2-1-6-21(23)29(37)39/h1-14H,15-16H2. The minimum Gasteiger partial charge on any atom is -0.481 e. The molecule has 2 heterocycles. The highest BCUT2D eigenvalue weighted by Gasteiger charge is 2.31. The summed E-state index contributed by atoms with van der Waals surface area (Å²) in [7, 11) is 0. The average molecular weight is 667 g/mol. The van der Waals surface area contributed by atoms with Gasteiger partial charge in [-0.1, -0.05) is 30.3 Å². The number of ether oxygens (including phenoxy) is 3. The highest BCUT2D eigenvalue weighted by molar-refractivity contribution is 9.10. The molecule has 0 radical (unpaired) electrons. The molecule has 1 aromatic heterocycles. The summed E-state index contributed by atoms with van der Waals surface area (Å²) in [6, 6.07) is 18.6. The summed E-state index contributed by atoms with van der Waals surface area (Å²) in [5, 5.41) is 16.4. The summed E-state index contributed by atoms with van der Waals surface area (Å²) in [4.78, 5) is 29.2. The van der Waals surface area contributed by atoms with Crippen molar-refractivity contribution < 1.29 is 32.3 Å². The van der Waals surface area contributed by atoms with Crippen molar-refractivity contribution in [1.29, 1.82) is 0 Å². The van der Waals surface area contributed by atoms with Gasteiger partial charge in [0.2, 0.25) is 12.5 Å². The van der Waals surface area contributed by atoms with Gasteiger partial charge in [0, 0.05) is 17.2 Å².